The Morgan fingerprint density at radius 3 is 2.16 bits per heavy atom. The molecule has 11 heteroatoms. The Morgan fingerprint density at radius 1 is 0.871 bits per heavy atom. The Bertz CT molecular complexity index is 1010. The molecule has 8 N–H and O–H groups in total. The maximum Gasteiger partial charge on any atom is 0.228 e. The van der Waals surface area contributed by atoms with Crippen molar-refractivity contribution in [1.29, 1.82) is 0 Å². The van der Waals surface area contributed by atoms with Crippen LogP contribution in [0.3, 0.4) is 0 Å². The summed E-state index contributed by atoms with van der Waals surface area (Å²) in [7, 11) is 0. The number of ether oxygens (including phenoxy) is 3. The molecule has 2 aliphatic heterocycles. The van der Waals surface area contributed by atoms with Crippen LogP contribution in [0, 0.1) is 0 Å². The highest BCUT2D eigenvalue weighted by Crippen LogP contribution is 2.46. The number of phenols is 5. The van der Waals surface area contributed by atoms with E-state index in [1.54, 1.807) is 0 Å². The molecule has 0 bridgehead atoms. The van der Waals surface area contributed by atoms with Crippen LogP contribution in [0.15, 0.2) is 30.0 Å². The number of benzene rings is 2. The highest BCUT2D eigenvalue weighted by atomic mass is 16.7. The number of aromatic hydroxyl groups is 5. The Balaban J connectivity index is 1.76. The molecule has 0 radical (unpaired) electrons. The van der Waals surface area contributed by atoms with Gasteiger partial charge in [-0.3, -0.25) is 0 Å². The smallest absolute Gasteiger partial charge is 0.228 e. The van der Waals surface area contributed by atoms with E-state index in [9.17, 15) is 40.9 Å². The van der Waals surface area contributed by atoms with Crippen LogP contribution in [0.25, 0.3) is 6.08 Å². The van der Waals surface area contributed by atoms with Gasteiger partial charge in [-0.15, -0.1) is 0 Å². The standard InChI is InChI=1S/C20H20O11/c21-6-15-17(27)18(28)20(31-15)30-14-5-9-10(23)3-8(22)4-13(9)29-19(14)7-1-11(24)16(26)12(25)2-7/h1-5,15,17-28H,6H2. The van der Waals surface area contributed by atoms with Crippen LogP contribution in [0.2, 0.25) is 0 Å². The zero-order valence-electron chi connectivity index (χ0n) is 15.8. The van der Waals surface area contributed by atoms with E-state index in [-0.39, 0.29) is 34.1 Å². The summed E-state index contributed by atoms with van der Waals surface area (Å²) >= 11 is 0. The Kier molecular flexibility index (Phi) is 5.19. The van der Waals surface area contributed by atoms with Gasteiger partial charge in [0.25, 0.3) is 0 Å². The molecule has 0 aliphatic carbocycles. The Morgan fingerprint density at radius 2 is 1.55 bits per heavy atom. The lowest BCUT2D eigenvalue weighted by molar-refractivity contribution is -0.154. The first-order chi connectivity index (χ1) is 14.7. The molecule has 2 aliphatic rings. The monoisotopic (exact) mass is 436 g/mol. The van der Waals surface area contributed by atoms with Crippen molar-refractivity contribution in [2.75, 3.05) is 6.61 Å². The van der Waals surface area contributed by atoms with Crippen LogP contribution >= 0.6 is 0 Å². The summed E-state index contributed by atoms with van der Waals surface area (Å²) in [5.74, 6) is -2.67. The molecular weight excluding hydrogens is 416 g/mol. The number of hydrogen-bond acceptors (Lipinski definition) is 11. The molecule has 0 spiro atoms. The molecule has 0 saturated carbocycles. The minimum absolute atomic E-state index is 0.0445. The molecule has 5 atom stereocenters. The van der Waals surface area contributed by atoms with E-state index in [0.717, 1.165) is 18.2 Å². The van der Waals surface area contributed by atoms with E-state index >= 15 is 0 Å². The molecule has 4 rings (SSSR count). The van der Waals surface area contributed by atoms with Crippen molar-refractivity contribution in [3.05, 3.63) is 41.2 Å². The maximum atomic E-state index is 10.2. The summed E-state index contributed by atoms with van der Waals surface area (Å²) in [6.45, 7) is -0.570. The Hall–Kier alpha value is -3.38. The van der Waals surface area contributed by atoms with E-state index in [4.69, 9.17) is 14.2 Å². The van der Waals surface area contributed by atoms with Gasteiger partial charge < -0.3 is 55.1 Å². The van der Waals surface area contributed by atoms with Crippen molar-refractivity contribution in [2.24, 2.45) is 0 Å². The molecule has 31 heavy (non-hydrogen) atoms. The topological polar surface area (TPSA) is 190 Å². The second kappa shape index (κ2) is 7.71. The maximum absolute atomic E-state index is 10.2. The fourth-order valence-electron chi connectivity index (χ4n) is 3.45. The number of rotatable bonds is 4. The third-order valence-electron chi connectivity index (χ3n) is 5.04. The van der Waals surface area contributed by atoms with E-state index < -0.39 is 54.6 Å². The lowest BCUT2D eigenvalue weighted by Gasteiger charge is -2.30. The molecule has 2 heterocycles. The van der Waals surface area contributed by atoms with Crippen LogP contribution < -0.4 is 4.74 Å². The lowest BCUT2D eigenvalue weighted by Crippen LogP contribution is -2.35. The van der Waals surface area contributed by atoms with E-state index in [1.807, 2.05) is 0 Å². The van der Waals surface area contributed by atoms with Gasteiger partial charge in [-0.2, -0.15) is 0 Å². The summed E-state index contributed by atoms with van der Waals surface area (Å²) in [4.78, 5) is 0. The lowest BCUT2D eigenvalue weighted by atomic mass is 10.0. The summed E-state index contributed by atoms with van der Waals surface area (Å²) in [5, 5.41) is 78.7. The van der Waals surface area contributed by atoms with Crippen molar-refractivity contribution in [3.63, 3.8) is 0 Å². The highest BCUT2D eigenvalue weighted by molar-refractivity contribution is 5.70. The minimum atomic E-state index is -1.52. The molecule has 2 aromatic carbocycles. The largest absolute Gasteiger partial charge is 0.508 e. The summed E-state index contributed by atoms with van der Waals surface area (Å²) in [5.41, 5.74) is 0.238. The van der Waals surface area contributed by atoms with E-state index in [2.05, 4.69) is 0 Å². The van der Waals surface area contributed by atoms with E-state index in [0.29, 0.717) is 0 Å². The SMILES string of the molecule is OCC1OC(OC2=Cc3c(O)cc(O)cc3OC2c2cc(O)c(O)c(O)c2)C(O)C1O. The number of phenolic OH excluding ortho intramolecular Hbond substituents is 5. The summed E-state index contributed by atoms with van der Waals surface area (Å²) < 4.78 is 16.8. The van der Waals surface area contributed by atoms with Crippen molar-refractivity contribution in [1.82, 2.24) is 0 Å². The third kappa shape index (κ3) is 3.64. The first-order valence-corrected chi connectivity index (χ1v) is 9.17. The molecule has 1 saturated heterocycles. The Labute approximate surface area is 174 Å². The van der Waals surface area contributed by atoms with Crippen LogP contribution in [0.5, 0.6) is 34.5 Å². The zero-order valence-corrected chi connectivity index (χ0v) is 15.8. The summed E-state index contributed by atoms with van der Waals surface area (Å²) in [6.07, 6.45) is -5.30. The predicted molar refractivity (Wildman–Crippen MR) is 101 cm³/mol. The van der Waals surface area contributed by atoms with Gasteiger partial charge in [0, 0.05) is 17.7 Å². The third-order valence-corrected chi connectivity index (χ3v) is 5.04. The van der Waals surface area contributed by atoms with Crippen LogP contribution in [0.1, 0.15) is 17.2 Å². The van der Waals surface area contributed by atoms with Gasteiger partial charge in [0.2, 0.25) is 6.29 Å². The van der Waals surface area contributed by atoms with Crippen molar-refractivity contribution < 1.29 is 55.1 Å². The first-order valence-electron chi connectivity index (χ1n) is 9.17. The first kappa shape index (κ1) is 20.9. The average Bonchev–Trinajstić information content (AvgIpc) is 2.99. The molecule has 2 aromatic rings. The van der Waals surface area contributed by atoms with Crippen molar-refractivity contribution in [3.8, 4) is 34.5 Å². The molecular formula is C20H20O11. The van der Waals surface area contributed by atoms with Crippen molar-refractivity contribution >= 4 is 6.08 Å². The molecule has 166 valence electrons. The van der Waals surface area contributed by atoms with Gasteiger partial charge in [0.15, 0.2) is 23.4 Å². The molecule has 1 fully saturated rings. The van der Waals surface area contributed by atoms with Gasteiger partial charge in [0.1, 0.15) is 41.3 Å². The predicted octanol–water partition coefficient (Wildman–Crippen LogP) is 0.145. The number of aliphatic hydroxyl groups excluding tert-OH is 3. The fourth-order valence-corrected chi connectivity index (χ4v) is 3.45. The fraction of sp³-hybridized carbons (Fsp3) is 0.300. The normalized spacial score (nSPS) is 27.3. The molecule has 0 aromatic heterocycles. The zero-order chi connectivity index (χ0) is 22.4. The van der Waals surface area contributed by atoms with Gasteiger partial charge in [-0.05, 0) is 18.2 Å². The molecule has 0 amide bonds. The van der Waals surface area contributed by atoms with Gasteiger partial charge >= 0.3 is 0 Å². The van der Waals surface area contributed by atoms with E-state index in [1.165, 1.54) is 12.1 Å². The quantitative estimate of drug-likeness (QED) is 0.304. The van der Waals surface area contributed by atoms with Gasteiger partial charge in [-0.1, -0.05) is 0 Å². The number of fused-ring (bicyclic) bond motifs is 1. The van der Waals surface area contributed by atoms with Crippen LogP contribution in [0.4, 0.5) is 0 Å². The number of aliphatic hydroxyl groups is 3. The second-order valence-electron chi connectivity index (χ2n) is 7.15. The average molecular weight is 436 g/mol. The van der Waals surface area contributed by atoms with Crippen molar-refractivity contribution in [2.45, 2.75) is 30.7 Å². The number of hydrogen-bond donors (Lipinski definition) is 8. The van der Waals surface area contributed by atoms with Crippen LogP contribution in [-0.2, 0) is 9.47 Å². The second-order valence-corrected chi connectivity index (χ2v) is 7.15. The van der Waals surface area contributed by atoms with Gasteiger partial charge in [-0.25, -0.2) is 0 Å². The van der Waals surface area contributed by atoms with Gasteiger partial charge in [0.05, 0.1) is 12.2 Å². The summed E-state index contributed by atoms with van der Waals surface area (Å²) in [6, 6.07) is 4.49. The molecule has 5 unspecified atom stereocenters. The van der Waals surface area contributed by atoms with Crippen LogP contribution in [-0.4, -0.2) is 72.1 Å². The molecule has 11 nitrogen and oxygen atoms in total. The highest BCUT2D eigenvalue weighted by Gasteiger charge is 2.45. The minimum Gasteiger partial charge on any atom is -0.508 e.